The van der Waals surface area contributed by atoms with E-state index in [1.807, 2.05) is 0 Å². The van der Waals surface area contributed by atoms with Crippen LogP contribution in [0, 0.1) is 5.41 Å². The fraction of sp³-hybridized carbons (Fsp3) is 0.800. The molecule has 0 radical (unpaired) electrons. The molecule has 0 aromatic carbocycles. The molecule has 1 aliphatic rings. The number of aromatic nitrogens is 3. The van der Waals surface area contributed by atoms with E-state index in [1.165, 1.54) is 25.7 Å². The second-order valence-corrected chi connectivity index (χ2v) is 4.48. The molecular weight excluding hydrogens is 198 g/mol. The Bertz CT molecular complexity index is 299. The molecule has 0 spiro atoms. The highest BCUT2D eigenvalue weighted by atomic mass is 35.5. The Morgan fingerprint density at radius 1 is 1.57 bits per heavy atom. The van der Waals surface area contributed by atoms with E-state index in [9.17, 15) is 0 Å². The van der Waals surface area contributed by atoms with Crippen LogP contribution in [-0.2, 0) is 12.4 Å². The molecule has 2 rings (SSSR count). The maximum atomic E-state index is 5.78. The van der Waals surface area contributed by atoms with Crippen LogP contribution in [0.1, 0.15) is 38.4 Å². The molecule has 1 fully saturated rings. The summed E-state index contributed by atoms with van der Waals surface area (Å²) in [6.07, 6.45) is 7.08. The van der Waals surface area contributed by atoms with Crippen molar-refractivity contribution < 1.29 is 0 Å². The van der Waals surface area contributed by atoms with Gasteiger partial charge >= 0.3 is 0 Å². The van der Waals surface area contributed by atoms with Crippen LogP contribution < -0.4 is 0 Å². The third-order valence-electron chi connectivity index (χ3n) is 3.49. The summed E-state index contributed by atoms with van der Waals surface area (Å²) in [7, 11) is 0. The quantitative estimate of drug-likeness (QED) is 0.720. The van der Waals surface area contributed by atoms with E-state index in [2.05, 4.69) is 21.7 Å². The predicted molar refractivity (Wildman–Crippen MR) is 56.2 cm³/mol. The van der Waals surface area contributed by atoms with Crippen molar-refractivity contribution in [2.24, 2.45) is 5.41 Å². The molecule has 1 aromatic rings. The van der Waals surface area contributed by atoms with E-state index in [-0.39, 0.29) is 0 Å². The molecule has 4 heteroatoms. The lowest BCUT2D eigenvalue weighted by atomic mass is 9.67. The second kappa shape index (κ2) is 3.89. The first-order valence-corrected chi connectivity index (χ1v) is 5.76. The van der Waals surface area contributed by atoms with Crippen molar-refractivity contribution in [3.05, 3.63) is 12.2 Å². The van der Waals surface area contributed by atoms with Crippen LogP contribution >= 0.6 is 11.6 Å². The minimum Gasteiger partial charge on any atom is -0.316 e. The number of rotatable bonds is 4. The molecule has 0 bridgehead atoms. The number of nitrogens with zero attached hydrogens (tertiary/aromatic N) is 3. The topological polar surface area (TPSA) is 30.7 Å². The van der Waals surface area contributed by atoms with Crippen LogP contribution in [0.25, 0.3) is 0 Å². The lowest BCUT2D eigenvalue weighted by Crippen LogP contribution is -2.33. The summed E-state index contributed by atoms with van der Waals surface area (Å²) in [5.74, 6) is 1.35. The van der Waals surface area contributed by atoms with E-state index in [0.717, 1.165) is 12.4 Å². The molecule has 0 saturated heterocycles. The number of halogens is 1. The van der Waals surface area contributed by atoms with Crippen LogP contribution in [0.15, 0.2) is 6.33 Å². The van der Waals surface area contributed by atoms with Crippen LogP contribution in [0.4, 0.5) is 0 Å². The first-order valence-electron chi connectivity index (χ1n) is 5.22. The molecule has 1 aliphatic carbocycles. The van der Waals surface area contributed by atoms with Crippen molar-refractivity contribution in [1.82, 2.24) is 14.8 Å². The van der Waals surface area contributed by atoms with E-state index in [0.29, 0.717) is 11.3 Å². The van der Waals surface area contributed by atoms with Crippen LogP contribution in [0.2, 0.25) is 0 Å². The Hall–Kier alpha value is -0.570. The third kappa shape index (κ3) is 1.65. The third-order valence-corrected chi connectivity index (χ3v) is 3.72. The molecule has 0 aliphatic heterocycles. The first kappa shape index (κ1) is 9.97. The zero-order valence-corrected chi connectivity index (χ0v) is 9.30. The largest absolute Gasteiger partial charge is 0.316 e. The minimum atomic E-state index is 0.458. The Balaban J connectivity index is 2.09. The van der Waals surface area contributed by atoms with Gasteiger partial charge < -0.3 is 4.57 Å². The van der Waals surface area contributed by atoms with Crippen molar-refractivity contribution in [2.75, 3.05) is 0 Å². The van der Waals surface area contributed by atoms with Crippen LogP contribution in [0.5, 0.6) is 0 Å². The van der Waals surface area contributed by atoms with Crippen molar-refractivity contribution in [2.45, 2.75) is 45.0 Å². The average molecular weight is 214 g/mol. The fourth-order valence-electron chi connectivity index (χ4n) is 2.18. The molecule has 0 amide bonds. The molecular formula is C10H16ClN3. The standard InChI is InChI=1S/C10H16ClN3/c1-2-10(4-3-5-10)7-14-8-12-13-9(14)6-11/h8H,2-7H2,1H3. The molecule has 14 heavy (non-hydrogen) atoms. The molecule has 1 heterocycles. The van der Waals surface area contributed by atoms with E-state index < -0.39 is 0 Å². The zero-order valence-electron chi connectivity index (χ0n) is 8.54. The van der Waals surface area contributed by atoms with E-state index in [1.54, 1.807) is 6.33 Å². The molecule has 78 valence electrons. The van der Waals surface area contributed by atoms with Gasteiger partial charge in [0.05, 0.1) is 5.88 Å². The van der Waals surface area contributed by atoms with E-state index in [4.69, 9.17) is 11.6 Å². The molecule has 0 atom stereocenters. The van der Waals surface area contributed by atoms with Gasteiger partial charge in [-0.15, -0.1) is 21.8 Å². The summed E-state index contributed by atoms with van der Waals surface area (Å²) in [5.41, 5.74) is 0.503. The Morgan fingerprint density at radius 3 is 2.86 bits per heavy atom. The van der Waals surface area contributed by atoms with Gasteiger partial charge in [-0.1, -0.05) is 13.3 Å². The van der Waals surface area contributed by atoms with Crippen molar-refractivity contribution in [3.63, 3.8) is 0 Å². The summed E-state index contributed by atoms with van der Waals surface area (Å²) < 4.78 is 2.11. The molecule has 0 N–H and O–H groups in total. The minimum absolute atomic E-state index is 0.458. The highest BCUT2D eigenvalue weighted by Crippen LogP contribution is 2.45. The first-order chi connectivity index (χ1) is 6.79. The van der Waals surface area contributed by atoms with Crippen molar-refractivity contribution >= 4 is 11.6 Å². The Morgan fingerprint density at radius 2 is 2.36 bits per heavy atom. The normalized spacial score (nSPS) is 19.3. The monoisotopic (exact) mass is 213 g/mol. The van der Waals surface area contributed by atoms with Gasteiger partial charge in [0.1, 0.15) is 12.2 Å². The summed E-state index contributed by atoms with van der Waals surface area (Å²) in [6, 6.07) is 0. The van der Waals surface area contributed by atoms with Gasteiger partial charge in [-0.2, -0.15) is 0 Å². The lowest BCUT2D eigenvalue weighted by molar-refractivity contribution is 0.0992. The Kier molecular flexibility index (Phi) is 2.77. The Labute approximate surface area is 89.5 Å². The maximum absolute atomic E-state index is 5.78. The highest BCUT2D eigenvalue weighted by Gasteiger charge is 2.35. The van der Waals surface area contributed by atoms with Gasteiger partial charge in [-0.25, -0.2) is 0 Å². The van der Waals surface area contributed by atoms with Gasteiger partial charge in [-0.3, -0.25) is 0 Å². The summed E-state index contributed by atoms with van der Waals surface area (Å²) in [4.78, 5) is 0. The van der Waals surface area contributed by atoms with Gasteiger partial charge in [-0.05, 0) is 24.7 Å². The molecule has 1 aromatic heterocycles. The van der Waals surface area contributed by atoms with Gasteiger partial charge in [0.25, 0.3) is 0 Å². The molecule has 0 unspecified atom stereocenters. The van der Waals surface area contributed by atoms with Crippen LogP contribution in [0.3, 0.4) is 0 Å². The summed E-state index contributed by atoms with van der Waals surface area (Å²) >= 11 is 5.78. The highest BCUT2D eigenvalue weighted by molar-refractivity contribution is 6.16. The number of alkyl halides is 1. The van der Waals surface area contributed by atoms with Crippen LogP contribution in [-0.4, -0.2) is 14.8 Å². The smallest absolute Gasteiger partial charge is 0.147 e. The lowest BCUT2D eigenvalue weighted by Gasteiger charge is -2.41. The predicted octanol–water partition coefficient (Wildman–Crippen LogP) is 2.60. The van der Waals surface area contributed by atoms with Gasteiger partial charge in [0.15, 0.2) is 0 Å². The van der Waals surface area contributed by atoms with Crippen molar-refractivity contribution in [1.29, 1.82) is 0 Å². The SMILES string of the molecule is CCC1(Cn2cnnc2CCl)CCC1. The number of hydrogen-bond acceptors (Lipinski definition) is 2. The second-order valence-electron chi connectivity index (χ2n) is 4.22. The zero-order chi connectivity index (χ0) is 10.0. The van der Waals surface area contributed by atoms with Crippen molar-refractivity contribution in [3.8, 4) is 0 Å². The fourth-order valence-corrected chi connectivity index (χ4v) is 2.38. The maximum Gasteiger partial charge on any atom is 0.147 e. The number of hydrogen-bond donors (Lipinski definition) is 0. The molecule has 3 nitrogen and oxygen atoms in total. The summed E-state index contributed by atoms with van der Waals surface area (Å²) in [5, 5.41) is 7.89. The van der Waals surface area contributed by atoms with Gasteiger partial charge in [0, 0.05) is 6.54 Å². The average Bonchev–Trinajstić information content (AvgIpc) is 2.58. The van der Waals surface area contributed by atoms with Gasteiger partial charge in [0.2, 0.25) is 0 Å². The van der Waals surface area contributed by atoms with E-state index >= 15 is 0 Å². The summed E-state index contributed by atoms with van der Waals surface area (Å²) in [6.45, 7) is 3.31. The molecule has 1 saturated carbocycles.